The van der Waals surface area contributed by atoms with Crippen LogP contribution in [0.4, 0.5) is 11.4 Å². The molecule has 156 valence electrons. The summed E-state index contributed by atoms with van der Waals surface area (Å²) in [6.07, 6.45) is 1.86. The third kappa shape index (κ3) is 5.29. The molecule has 0 bridgehead atoms. The Labute approximate surface area is 184 Å². The molecular weight excluding hydrogens is 416 g/mol. The number of halogens is 1. The summed E-state index contributed by atoms with van der Waals surface area (Å²) < 4.78 is 5.37. The summed E-state index contributed by atoms with van der Waals surface area (Å²) in [6, 6.07) is 19.7. The van der Waals surface area contributed by atoms with Crippen LogP contribution in [0.2, 0.25) is 5.02 Å². The first-order valence-corrected chi connectivity index (χ1v) is 10.2. The van der Waals surface area contributed by atoms with Crippen molar-refractivity contribution in [2.45, 2.75) is 12.8 Å². The third-order valence-corrected chi connectivity index (χ3v) is 5.11. The predicted molar refractivity (Wildman–Crippen MR) is 119 cm³/mol. The number of hydrogen-bond donors (Lipinski definition) is 2. The second-order valence-corrected chi connectivity index (χ2v) is 7.60. The lowest BCUT2D eigenvalue weighted by Crippen LogP contribution is -2.14. The van der Waals surface area contributed by atoms with Gasteiger partial charge in [0, 0.05) is 17.3 Å². The minimum atomic E-state index is -0.520. The average molecular weight is 435 g/mol. The van der Waals surface area contributed by atoms with Crippen LogP contribution >= 0.6 is 11.6 Å². The molecule has 7 heteroatoms. The Hall–Kier alpha value is -3.64. The zero-order chi connectivity index (χ0) is 21.8. The first-order chi connectivity index (χ1) is 15.0. The summed E-state index contributed by atoms with van der Waals surface area (Å²) in [4.78, 5) is 36.5. The number of hydrogen-bond acceptors (Lipinski definition) is 4. The number of carbonyl (C=O) groups is 3. The molecule has 1 fully saturated rings. The van der Waals surface area contributed by atoms with Gasteiger partial charge < -0.3 is 15.4 Å². The van der Waals surface area contributed by atoms with Gasteiger partial charge in [-0.3, -0.25) is 9.59 Å². The van der Waals surface area contributed by atoms with E-state index in [0.29, 0.717) is 33.3 Å². The van der Waals surface area contributed by atoms with Gasteiger partial charge in [-0.15, -0.1) is 0 Å². The Morgan fingerprint density at radius 2 is 1.42 bits per heavy atom. The van der Waals surface area contributed by atoms with E-state index in [1.54, 1.807) is 72.8 Å². The number of amides is 2. The van der Waals surface area contributed by atoms with Crippen molar-refractivity contribution in [3.8, 4) is 5.75 Å². The fourth-order valence-electron chi connectivity index (χ4n) is 2.90. The van der Waals surface area contributed by atoms with E-state index in [2.05, 4.69) is 10.6 Å². The fraction of sp³-hybridized carbons (Fsp3) is 0.125. The van der Waals surface area contributed by atoms with Gasteiger partial charge in [0.05, 0.1) is 16.1 Å². The quantitative estimate of drug-likeness (QED) is 0.414. The molecule has 1 saturated carbocycles. The molecule has 2 N–H and O–H groups in total. The van der Waals surface area contributed by atoms with Gasteiger partial charge in [0.2, 0.25) is 5.91 Å². The summed E-state index contributed by atoms with van der Waals surface area (Å²) in [7, 11) is 0. The molecule has 1 aliphatic rings. The molecule has 2 amide bonds. The first kappa shape index (κ1) is 20.6. The Morgan fingerprint density at radius 3 is 2.06 bits per heavy atom. The molecule has 0 atom stereocenters. The van der Waals surface area contributed by atoms with Crippen LogP contribution in [0.25, 0.3) is 0 Å². The molecule has 3 aromatic rings. The number of anilines is 2. The molecule has 31 heavy (non-hydrogen) atoms. The van der Waals surface area contributed by atoms with Gasteiger partial charge in [-0.2, -0.15) is 0 Å². The largest absolute Gasteiger partial charge is 0.423 e. The van der Waals surface area contributed by atoms with Crippen LogP contribution in [-0.4, -0.2) is 17.8 Å². The van der Waals surface area contributed by atoms with Crippen molar-refractivity contribution in [1.29, 1.82) is 0 Å². The van der Waals surface area contributed by atoms with Gasteiger partial charge in [-0.05, 0) is 73.5 Å². The molecule has 0 radical (unpaired) electrons. The molecule has 0 saturated heterocycles. The number of ether oxygens (including phenoxy) is 1. The van der Waals surface area contributed by atoms with Crippen molar-refractivity contribution in [2.75, 3.05) is 10.6 Å². The lowest BCUT2D eigenvalue weighted by atomic mass is 10.2. The summed E-state index contributed by atoms with van der Waals surface area (Å²) in [5, 5.41) is 5.93. The van der Waals surface area contributed by atoms with Crippen molar-refractivity contribution in [3.05, 3.63) is 88.9 Å². The maximum Gasteiger partial charge on any atom is 0.343 e. The smallest absolute Gasteiger partial charge is 0.343 e. The van der Waals surface area contributed by atoms with E-state index in [-0.39, 0.29) is 17.7 Å². The van der Waals surface area contributed by atoms with E-state index in [4.69, 9.17) is 16.3 Å². The number of rotatable bonds is 6. The molecule has 0 heterocycles. The molecule has 0 unspecified atom stereocenters. The van der Waals surface area contributed by atoms with E-state index >= 15 is 0 Å². The molecular formula is C24H19ClN2O4. The Bertz CT molecular complexity index is 1120. The van der Waals surface area contributed by atoms with Crippen molar-refractivity contribution in [1.82, 2.24) is 0 Å². The van der Waals surface area contributed by atoms with E-state index < -0.39 is 5.97 Å². The second-order valence-electron chi connectivity index (χ2n) is 7.19. The summed E-state index contributed by atoms with van der Waals surface area (Å²) in [5.41, 5.74) is 1.92. The molecule has 4 rings (SSSR count). The van der Waals surface area contributed by atoms with Crippen LogP contribution in [0, 0.1) is 5.92 Å². The monoisotopic (exact) mass is 434 g/mol. The lowest BCUT2D eigenvalue weighted by molar-refractivity contribution is -0.117. The predicted octanol–water partition coefficient (Wildman–Crippen LogP) is 5.16. The highest BCUT2D eigenvalue weighted by atomic mass is 35.5. The zero-order valence-electron chi connectivity index (χ0n) is 16.4. The SMILES string of the molecule is O=C(Oc1ccc(NC(=O)c2ccccc2Cl)cc1)c1ccc(NC(=O)C2CC2)cc1. The van der Waals surface area contributed by atoms with Crippen molar-refractivity contribution < 1.29 is 19.1 Å². The fourth-order valence-corrected chi connectivity index (χ4v) is 3.12. The maximum atomic E-state index is 12.4. The van der Waals surface area contributed by atoms with Crippen LogP contribution in [0.3, 0.4) is 0 Å². The summed E-state index contributed by atoms with van der Waals surface area (Å²) >= 11 is 6.04. The number of esters is 1. The Morgan fingerprint density at radius 1 is 0.806 bits per heavy atom. The molecule has 0 aromatic heterocycles. The minimum absolute atomic E-state index is 0.0112. The van der Waals surface area contributed by atoms with Crippen molar-refractivity contribution in [3.63, 3.8) is 0 Å². The van der Waals surface area contributed by atoms with Crippen molar-refractivity contribution >= 4 is 40.8 Å². The van der Waals surface area contributed by atoms with Crippen LogP contribution in [0.5, 0.6) is 5.75 Å². The topological polar surface area (TPSA) is 84.5 Å². The van der Waals surface area contributed by atoms with Crippen LogP contribution in [0.1, 0.15) is 33.6 Å². The maximum absolute atomic E-state index is 12.4. The summed E-state index contributed by atoms with van der Waals surface area (Å²) in [5.74, 6) is -0.386. The number of benzene rings is 3. The van der Waals surface area contributed by atoms with E-state index in [1.807, 2.05) is 0 Å². The van der Waals surface area contributed by atoms with Crippen LogP contribution < -0.4 is 15.4 Å². The molecule has 0 aliphatic heterocycles. The van der Waals surface area contributed by atoms with Gasteiger partial charge in [-0.1, -0.05) is 23.7 Å². The van der Waals surface area contributed by atoms with Crippen LogP contribution in [0.15, 0.2) is 72.8 Å². The highest BCUT2D eigenvalue weighted by Crippen LogP contribution is 2.30. The molecule has 6 nitrogen and oxygen atoms in total. The zero-order valence-corrected chi connectivity index (χ0v) is 17.2. The van der Waals surface area contributed by atoms with E-state index in [0.717, 1.165) is 12.8 Å². The second kappa shape index (κ2) is 9.02. The lowest BCUT2D eigenvalue weighted by Gasteiger charge is -2.09. The molecule has 1 aliphatic carbocycles. The molecule has 3 aromatic carbocycles. The minimum Gasteiger partial charge on any atom is -0.423 e. The highest BCUT2D eigenvalue weighted by molar-refractivity contribution is 6.34. The van der Waals surface area contributed by atoms with Gasteiger partial charge in [0.15, 0.2) is 0 Å². The highest BCUT2D eigenvalue weighted by Gasteiger charge is 2.29. The van der Waals surface area contributed by atoms with Gasteiger partial charge >= 0.3 is 5.97 Å². The van der Waals surface area contributed by atoms with Gasteiger partial charge in [-0.25, -0.2) is 4.79 Å². The van der Waals surface area contributed by atoms with Gasteiger partial charge in [0.25, 0.3) is 5.91 Å². The van der Waals surface area contributed by atoms with E-state index in [9.17, 15) is 14.4 Å². The number of nitrogens with one attached hydrogen (secondary N) is 2. The Kier molecular flexibility index (Phi) is 6.00. The Balaban J connectivity index is 1.34. The average Bonchev–Trinajstić information content (AvgIpc) is 3.61. The van der Waals surface area contributed by atoms with Crippen LogP contribution in [-0.2, 0) is 4.79 Å². The van der Waals surface area contributed by atoms with E-state index in [1.165, 1.54) is 0 Å². The van der Waals surface area contributed by atoms with Gasteiger partial charge in [0.1, 0.15) is 5.75 Å². The standard InChI is InChI=1S/C24H19ClN2O4/c25-21-4-2-1-3-20(21)23(29)27-18-11-13-19(14-12-18)31-24(30)16-7-9-17(10-8-16)26-22(28)15-5-6-15/h1-4,7-15H,5-6H2,(H,26,28)(H,27,29). The molecule has 0 spiro atoms. The normalized spacial score (nSPS) is 12.7. The first-order valence-electron chi connectivity index (χ1n) is 9.78. The third-order valence-electron chi connectivity index (χ3n) is 4.78. The summed E-state index contributed by atoms with van der Waals surface area (Å²) in [6.45, 7) is 0. The van der Waals surface area contributed by atoms with Crippen molar-refractivity contribution in [2.24, 2.45) is 5.92 Å². The number of carbonyl (C=O) groups excluding carboxylic acids is 3.